The zero-order chi connectivity index (χ0) is 22.2. The van der Waals surface area contributed by atoms with Crippen molar-refractivity contribution in [2.75, 3.05) is 16.3 Å². The van der Waals surface area contributed by atoms with Crippen LogP contribution in [-0.2, 0) is 10.0 Å². The third-order valence-corrected chi connectivity index (χ3v) is 6.13. The van der Waals surface area contributed by atoms with Gasteiger partial charge in [-0.1, -0.05) is 12.1 Å². The van der Waals surface area contributed by atoms with Crippen molar-refractivity contribution < 1.29 is 22.0 Å². The third-order valence-electron chi connectivity index (χ3n) is 4.41. The predicted molar refractivity (Wildman–Crippen MR) is 120 cm³/mol. The lowest BCUT2D eigenvalue weighted by molar-refractivity contribution is 0.103. The summed E-state index contributed by atoms with van der Waals surface area (Å²) < 4.78 is 53.3. The van der Waals surface area contributed by atoms with E-state index >= 15 is 0 Å². The van der Waals surface area contributed by atoms with E-state index in [0.717, 1.165) is 22.4 Å². The molecular formula is C22H16F2N2O3S2. The summed E-state index contributed by atoms with van der Waals surface area (Å²) in [5.41, 5.74) is 1.60. The number of amides is 1. The fourth-order valence-corrected chi connectivity index (χ4v) is 4.61. The van der Waals surface area contributed by atoms with Crippen LogP contribution in [0.15, 0.2) is 66.7 Å². The number of benzene rings is 3. The first-order valence-electron chi connectivity index (χ1n) is 9.06. The van der Waals surface area contributed by atoms with Crippen molar-refractivity contribution in [3.05, 3.63) is 83.2 Å². The first-order valence-corrected chi connectivity index (χ1v) is 11.8. The number of carbonyl (C=O) groups excluding carboxylic acids is 1. The second-order valence-electron chi connectivity index (χ2n) is 6.90. The van der Waals surface area contributed by atoms with Crippen LogP contribution in [0.3, 0.4) is 0 Å². The van der Waals surface area contributed by atoms with Crippen molar-refractivity contribution in [3.8, 4) is 11.1 Å². The number of fused-ring (bicyclic) bond motifs is 1. The van der Waals surface area contributed by atoms with Gasteiger partial charge in [-0.3, -0.25) is 9.52 Å². The van der Waals surface area contributed by atoms with E-state index < -0.39 is 21.7 Å². The maximum Gasteiger partial charge on any atom is 0.265 e. The Hall–Kier alpha value is -3.30. The van der Waals surface area contributed by atoms with Gasteiger partial charge in [0.1, 0.15) is 11.6 Å². The highest BCUT2D eigenvalue weighted by Gasteiger charge is 2.13. The molecule has 0 saturated heterocycles. The molecule has 0 spiro atoms. The molecule has 2 N–H and O–H groups in total. The van der Waals surface area contributed by atoms with Crippen LogP contribution in [0.5, 0.6) is 0 Å². The van der Waals surface area contributed by atoms with Crippen LogP contribution in [0.4, 0.5) is 20.2 Å². The molecule has 9 heteroatoms. The SMILES string of the molecule is CS(=O)(=O)Nc1ccc2sc(C(=O)Nc3cccc(-c4ccc(F)cc4F)c3)cc2c1. The van der Waals surface area contributed by atoms with Gasteiger partial charge in [-0.25, -0.2) is 17.2 Å². The molecule has 0 saturated carbocycles. The van der Waals surface area contributed by atoms with Gasteiger partial charge >= 0.3 is 0 Å². The van der Waals surface area contributed by atoms with E-state index in [9.17, 15) is 22.0 Å². The minimum atomic E-state index is -3.40. The molecule has 0 aliphatic rings. The first kappa shape index (κ1) is 21.0. The monoisotopic (exact) mass is 458 g/mol. The Morgan fingerprint density at radius 3 is 2.48 bits per heavy atom. The molecule has 0 aliphatic heterocycles. The Labute approximate surface area is 181 Å². The van der Waals surface area contributed by atoms with Crippen molar-refractivity contribution >= 4 is 48.7 Å². The van der Waals surface area contributed by atoms with E-state index in [-0.39, 0.29) is 11.5 Å². The molecule has 3 aromatic carbocycles. The quantitative estimate of drug-likeness (QED) is 0.416. The summed E-state index contributed by atoms with van der Waals surface area (Å²) in [5, 5.41) is 3.50. The van der Waals surface area contributed by atoms with E-state index in [1.165, 1.54) is 23.5 Å². The Morgan fingerprint density at radius 2 is 1.74 bits per heavy atom. The van der Waals surface area contributed by atoms with Gasteiger partial charge in [-0.15, -0.1) is 11.3 Å². The van der Waals surface area contributed by atoms with Gasteiger partial charge in [0.05, 0.1) is 11.1 Å². The maximum absolute atomic E-state index is 14.1. The molecule has 4 aromatic rings. The number of nitrogens with one attached hydrogen (secondary N) is 2. The largest absolute Gasteiger partial charge is 0.321 e. The zero-order valence-corrected chi connectivity index (χ0v) is 17.8. The van der Waals surface area contributed by atoms with E-state index in [1.54, 1.807) is 48.5 Å². The van der Waals surface area contributed by atoms with Gasteiger partial charge in [0.25, 0.3) is 5.91 Å². The molecule has 1 aromatic heterocycles. The van der Waals surface area contributed by atoms with Crippen molar-refractivity contribution in [1.29, 1.82) is 0 Å². The summed E-state index contributed by atoms with van der Waals surface area (Å²) in [6, 6.07) is 16.6. The highest BCUT2D eigenvalue weighted by molar-refractivity contribution is 7.92. The summed E-state index contributed by atoms with van der Waals surface area (Å²) in [6.45, 7) is 0. The first-order chi connectivity index (χ1) is 14.7. The molecule has 0 fully saturated rings. The molecular weight excluding hydrogens is 442 g/mol. The molecule has 5 nitrogen and oxygen atoms in total. The van der Waals surface area contributed by atoms with Crippen LogP contribution in [-0.4, -0.2) is 20.6 Å². The standard InChI is InChI=1S/C22H16F2N2O3S2/c1-31(28,29)26-17-6-8-20-14(10-17)11-21(30-20)22(27)25-16-4-2-3-13(9-16)18-7-5-15(23)12-19(18)24/h2-12,26H,1H3,(H,25,27). The molecule has 0 radical (unpaired) electrons. The van der Waals surface area contributed by atoms with Gasteiger partial charge < -0.3 is 5.32 Å². The Morgan fingerprint density at radius 1 is 0.935 bits per heavy atom. The number of halogens is 2. The summed E-state index contributed by atoms with van der Waals surface area (Å²) in [5.74, 6) is -1.70. The predicted octanol–water partition coefficient (Wildman–Crippen LogP) is 5.47. The van der Waals surface area contributed by atoms with Gasteiger partial charge in [-0.2, -0.15) is 0 Å². The van der Waals surface area contributed by atoms with Crippen LogP contribution < -0.4 is 10.0 Å². The lowest BCUT2D eigenvalue weighted by Gasteiger charge is -2.08. The number of sulfonamides is 1. The Kier molecular flexibility index (Phi) is 5.47. The summed E-state index contributed by atoms with van der Waals surface area (Å²) in [4.78, 5) is 13.2. The Bertz CT molecular complexity index is 1420. The molecule has 158 valence electrons. The minimum Gasteiger partial charge on any atom is -0.321 e. The highest BCUT2D eigenvalue weighted by Crippen LogP contribution is 2.30. The average molecular weight is 459 g/mol. The summed E-state index contributed by atoms with van der Waals surface area (Å²) >= 11 is 1.27. The van der Waals surface area contributed by atoms with Crippen molar-refractivity contribution in [2.45, 2.75) is 0 Å². The van der Waals surface area contributed by atoms with Crippen LogP contribution in [0.2, 0.25) is 0 Å². The fourth-order valence-electron chi connectivity index (χ4n) is 3.11. The number of thiophene rings is 1. The molecule has 0 aliphatic carbocycles. The molecule has 0 bridgehead atoms. The smallest absolute Gasteiger partial charge is 0.265 e. The maximum atomic E-state index is 14.1. The number of hydrogen-bond donors (Lipinski definition) is 2. The molecule has 1 heterocycles. The zero-order valence-electron chi connectivity index (χ0n) is 16.1. The fraction of sp³-hybridized carbons (Fsp3) is 0.0455. The number of hydrogen-bond acceptors (Lipinski definition) is 4. The van der Waals surface area contributed by atoms with Gasteiger partial charge in [-0.05, 0) is 59.5 Å². The van der Waals surface area contributed by atoms with Crippen LogP contribution in [0, 0.1) is 11.6 Å². The molecule has 0 unspecified atom stereocenters. The lowest BCUT2D eigenvalue weighted by Crippen LogP contribution is -2.10. The number of anilines is 2. The molecule has 0 atom stereocenters. The van der Waals surface area contributed by atoms with Crippen LogP contribution in [0.25, 0.3) is 21.2 Å². The highest BCUT2D eigenvalue weighted by atomic mass is 32.2. The van der Waals surface area contributed by atoms with Crippen molar-refractivity contribution in [2.24, 2.45) is 0 Å². The van der Waals surface area contributed by atoms with E-state index in [0.29, 0.717) is 21.8 Å². The van der Waals surface area contributed by atoms with Crippen molar-refractivity contribution in [1.82, 2.24) is 0 Å². The van der Waals surface area contributed by atoms with Crippen LogP contribution in [0.1, 0.15) is 9.67 Å². The van der Waals surface area contributed by atoms with E-state index in [1.807, 2.05) is 0 Å². The van der Waals surface area contributed by atoms with E-state index in [2.05, 4.69) is 10.0 Å². The number of carbonyl (C=O) groups is 1. The summed E-state index contributed by atoms with van der Waals surface area (Å²) in [6.07, 6.45) is 1.07. The van der Waals surface area contributed by atoms with Gasteiger partial charge in [0.2, 0.25) is 10.0 Å². The van der Waals surface area contributed by atoms with Gasteiger partial charge in [0.15, 0.2) is 0 Å². The molecule has 4 rings (SSSR count). The third kappa shape index (κ3) is 4.89. The van der Waals surface area contributed by atoms with E-state index in [4.69, 9.17) is 0 Å². The van der Waals surface area contributed by atoms with Crippen LogP contribution >= 0.6 is 11.3 Å². The summed E-state index contributed by atoms with van der Waals surface area (Å²) in [7, 11) is -3.40. The topological polar surface area (TPSA) is 75.3 Å². The molecule has 1 amide bonds. The molecule has 31 heavy (non-hydrogen) atoms. The average Bonchev–Trinajstić information content (AvgIpc) is 3.10. The normalized spacial score (nSPS) is 11.5. The van der Waals surface area contributed by atoms with Crippen molar-refractivity contribution in [3.63, 3.8) is 0 Å². The number of rotatable bonds is 5. The second-order valence-corrected chi connectivity index (χ2v) is 9.73. The lowest BCUT2D eigenvalue weighted by atomic mass is 10.0. The van der Waals surface area contributed by atoms with Gasteiger partial charge in [0, 0.05) is 27.7 Å². The second kappa shape index (κ2) is 8.09. The minimum absolute atomic E-state index is 0.227. The Balaban J connectivity index is 1.57.